The highest BCUT2D eigenvalue weighted by atomic mass is 19.3. The molecular formula is C25H26F2N6O5. The molecule has 2 heterocycles. The number of anilines is 1. The van der Waals surface area contributed by atoms with Crippen LogP contribution in [0, 0.1) is 17.2 Å². The van der Waals surface area contributed by atoms with Crippen LogP contribution in [0.1, 0.15) is 31.7 Å². The number of nitrogens with two attached hydrogens (primary N) is 1. The van der Waals surface area contributed by atoms with Crippen LogP contribution in [0.4, 0.5) is 14.6 Å². The van der Waals surface area contributed by atoms with Gasteiger partial charge in [-0.3, -0.25) is 14.4 Å². The highest BCUT2D eigenvalue weighted by Crippen LogP contribution is 2.34. The number of hydrogen-bond donors (Lipinski definition) is 2. The number of piperidine rings is 1. The number of esters is 1. The van der Waals surface area contributed by atoms with Crippen molar-refractivity contribution < 1.29 is 32.6 Å². The molecule has 2 fully saturated rings. The molecule has 1 aromatic carbocycles. The molecule has 1 saturated carbocycles. The van der Waals surface area contributed by atoms with Crippen molar-refractivity contribution in [3.05, 3.63) is 36.2 Å². The number of rotatable bonds is 8. The average molecular weight is 529 g/mol. The molecule has 2 aliphatic rings. The molecule has 1 aromatic heterocycles. The van der Waals surface area contributed by atoms with Gasteiger partial charge in [-0.15, -0.1) is 0 Å². The summed E-state index contributed by atoms with van der Waals surface area (Å²) in [6.45, 7) is -0.281. The molecule has 38 heavy (non-hydrogen) atoms. The van der Waals surface area contributed by atoms with Gasteiger partial charge in [0.1, 0.15) is 30.0 Å². The maximum atomic E-state index is 14.9. The Morgan fingerprint density at radius 1 is 1.26 bits per heavy atom. The van der Waals surface area contributed by atoms with Crippen LogP contribution in [0.25, 0.3) is 11.3 Å². The molecule has 2 amide bonds. The third kappa shape index (κ3) is 6.38. The van der Waals surface area contributed by atoms with Crippen molar-refractivity contribution in [2.45, 2.75) is 44.3 Å². The van der Waals surface area contributed by atoms with Crippen molar-refractivity contribution in [2.24, 2.45) is 11.7 Å². The molecule has 200 valence electrons. The van der Waals surface area contributed by atoms with Crippen LogP contribution < -0.4 is 15.8 Å². The van der Waals surface area contributed by atoms with Crippen LogP contribution in [0.3, 0.4) is 0 Å². The highest BCUT2D eigenvalue weighted by Gasteiger charge is 2.48. The first-order chi connectivity index (χ1) is 18.1. The van der Waals surface area contributed by atoms with Crippen molar-refractivity contribution >= 4 is 23.6 Å². The molecule has 1 aliphatic heterocycles. The number of hydrogen-bond acceptors (Lipinski definition) is 9. The molecule has 11 nitrogen and oxygen atoms in total. The van der Waals surface area contributed by atoms with Crippen LogP contribution in [-0.2, 0) is 19.1 Å². The number of likely N-dealkylation sites (tertiary alicyclic amines) is 1. The predicted octanol–water partition coefficient (Wildman–Crippen LogP) is 1.87. The predicted molar refractivity (Wildman–Crippen MR) is 129 cm³/mol. The summed E-state index contributed by atoms with van der Waals surface area (Å²) in [5, 5.41) is 12.4. The number of nitriles is 1. The SMILES string of the molecule is C[C@H](N)C(=O)OCC(=O)N1CC[C@H](Oc2ccc(-c3cc(NC(=O)C4CC4)ncn3)cc2C#N)C(F)(F)C1. The van der Waals surface area contributed by atoms with Crippen LogP contribution in [0.5, 0.6) is 5.75 Å². The van der Waals surface area contributed by atoms with Crippen molar-refractivity contribution in [1.82, 2.24) is 14.9 Å². The molecule has 0 unspecified atom stereocenters. The number of halogens is 2. The summed E-state index contributed by atoms with van der Waals surface area (Å²) in [6, 6.07) is 6.99. The van der Waals surface area contributed by atoms with E-state index in [2.05, 4.69) is 15.3 Å². The minimum atomic E-state index is -3.42. The van der Waals surface area contributed by atoms with Gasteiger partial charge in [0, 0.05) is 30.5 Å². The van der Waals surface area contributed by atoms with Gasteiger partial charge in [-0.05, 0) is 38.0 Å². The molecule has 13 heteroatoms. The van der Waals surface area contributed by atoms with Gasteiger partial charge in [0.05, 0.1) is 17.8 Å². The Balaban J connectivity index is 1.42. The minimum Gasteiger partial charge on any atom is -0.483 e. The van der Waals surface area contributed by atoms with Gasteiger partial charge in [-0.2, -0.15) is 5.26 Å². The molecule has 2 aromatic rings. The largest absolute Gasteiger partial charge is 0.483 e. The number of nitrogens with one attached hydrogen (secondary N) is 1. The lowest BCUT2D eigenvalue weighted by Gasteiger charge is -2.38. The fourth-order valence-electron chi connectivity index (χ4n) is 3.82. The highest BCUT2D eigenvalue weighted by molar-refractivity contribution is 5.93. The van der Waals surface area contributed by atoms with E-state index in [0.717, 1.165) is 17.7 Å². The van der Waals surface area contributed by atoms with E-state index in [0.29, 0.717) is 17.1 Å². The maximum absolute atomic E-state index is 14.9. The normalized spacial score (nSPS) is 19.1. The number of carbonyl (C=O) groups is 3. The molecular weight excluding hydrogens is 502 g/mol. The number of carbonyl (C=O) groups excluding carboxylic acids is 3. The second kappa shape index (κ2) is 11.1. The molecule has 1 saturated heterocycles. The van der Waals surface area contributed by atoms with E-state index in [1.807, 2.05) is 6.07 Å². The first kappa shape index (κ1) is 26.9. The number of aromatic nitrogens is 2. The summed E-state index contributed by atoms with van der Waals surface area (Å²) in [6.07, 6.45) is 1.17. The van der Waals surface area contributed by atoms with Crippen LogP contribution in [0.15, 0.2) is 30.6 Å². The summed E-state index contributed by atoms with van der Waals surface area (Å²) >= 11 is 0. The molecule has 0 radical (unpaired) electrons. The van der Waals surface area contributed by atoms with Crippen molar-refractivity contribution in [2.75, 3.05) is 25.0 Å². The zero-order valence-electron chi connectivity index (χ0n) is 20.5. The fourth-order valence-corrected chi connectivity index (χ4v) is 3.82. The summed E-state index contributed by atoms with van der Waals surface area (Å²) in [5.74, 6) is -4.84. The van der Waals surface area contributed by atoms with E-state index >= 15 is 0 Å². The Morgan fingerprint density at radius 2 is 2.03 bits per heavy atom. The van der Waals surface area contributed by atoms with E-state index in [9.17, 15) is 28.4 Å². The number of amides is 2. The maximum Gasteiger partial charge on any atom is 0.323 e. The van der Waals surface area contributed by atoms with E-state index in [1.54, 1.807) is 12.1 Å². The molecule has 4 rings (SSSR count). The Labute approximate surface area is 216 Å². The standard InChI is InChI=1S/C25H26F2N6O5/c1-14(29)24(36)37-11-22(34)33-7-6-20(25(26,27)12-33)38-19-5-4-16(8-17(19)10-28)18-9-21(31-13-30-18)32-23(35)15-2-3-15/h4-5,8-9,13-15,20H,2-3,6-7,11-12,29H2,1H3,(H,30,31,32,35)/t14-,20-/m0/s1. The van der Waals surface area contributed by atoms with Gasteiger partial charge in [0.15, 0.2) is 12.7 Å². The van der Waals surface area contributed by atoms with Gasteiger partial charge in [0.2, 0.25) is 5.91 Å². The molecule has 0 spiro atoms. The third-order valence-corrected chi connectivity index (χ3v) is 6.13. The van der Waals surface area contributed by atoms with Crippen molar-refractivity contribution in [3.63, 3.8) is 0 Å². The van der Waals surface area contributed by atoms with Gasteiger partial charge in [0.25, 0.3) is 5.91 Å². The topological polar surface area (TPSA) is 161 Å². The van der Waals surface area contributed by atoms with Crippen molar-refractivity contribution in [3.8, 4) is 23.1 Å². The Hall–Kier alpha value is -4.18. The van der Waals surface area contributed by atoms with Crippen LogP contribution in [-0.4, -0.2) is 70.4 Å². The first-order valence-electron chi connectivity index (χ1n) is 12.0. The first-order valence-corrected chi connectivity index (χ1v) is 12.0. The molecule has 1 aliphatic carbocycles. The minimum absolute atomic E-state index is 0.00401. The monoisotopic (exact) mass is 528 g/mol. The molecule has 0 bridgehead atoms. The smallest absolute Gasteiger partial charge is 0.323 e. The van der Waals surface area contributed by atoms with Gasteiger partial charge in [-0.1, -0.05) is 0 Å². The Kier molecular flexibility index (Phi) is 7.82. The average Bonchev–Trinajstić information content (AvgIpc) is 3.74. The third-order valence-electron chi connectivity index (χ3n) is 6.13. The van der Waals surface area contributed by atoms with Crippen molar-refractivity contribution in [1.29, 1.82) is 5.26 Å². The van der Waals surface area contributed by atoms with Crippen LogP contribution in [0.2, 0.25) is 0 Å². The van der Waals surface area contributed by atoms with Gasteiger partial charge >= 0.3 is 11.9 Å². The molecule has 2 atom stereocenters. The number of alkyl halides is 2. The zero-order chi connectivity index (χ0) is 27.4. The lowest BCUT2D eigenvalue weighted by Crippen LogP contribution is -2.56. The lowest BCUT2D eigenvalue weighted by molar-refractivity contribution is -0.166. The summed E-state index contributed by atoms with van der Waals surface area (Å²) in [7, 11) is 0. The second-order valence-electron chi connectivity index (χ2n) is 9.24. The van der Waals surface area contributed by atoms with Gasteiger partial charge < -0.3 is 25.4 Å². The van der Waals surface area contributed by atoms with E-state index in [1.165, 1.54) is 25.4 Å². The fraction of sp³-hybridized carbons (Fsp3) is 0.440. The Morgan fingerprint density at radius 3 is 2.68 bits per heavy atom. The molecule has 3 N–H and O–H groups in total. The summed E-state index contributed by atoms with van der Waals surface area (Å²) < 4.78 is 40.1. The number of nitrogens with zero attached hydrogens (tertiary/aromatic N) is 4. The quantitative estimate of drug-likeness (QED) is 0.487. The van der Waals surface area contributed by atoms with E-state index < -0.39 is 43.1 Å². The number of ether oxygens (including phenoxy) is 2. The van der Waals surface area contributed by atoms with E-state index in [-0.39, 0.29) is 36.1 Å². The summed E-state index contributed by atoms with van der Waals surface area (Å²) in [5.41, 5.74) is 6.31. The summed E-state index contributed by atoms with van der Waals surface area (Å²) in [4.78, 5) is 44.8. The second-order valence-corrected chi connectivity index (χ2v) is 9.24. The lowest BCUT2D eigenvalue weighted by atomic mass is 10.0. The van der Waals surface area contributed by atoms with Gasteiger partial charge in [-0.25, -0.2) is 18.7 Å². The zero-order valence-corrected chi connectivity index (χ0v) is 20.5. The Bertz CT molecular complexity index is 1280. The van der Waals surface area contributed by atoms with E-state index in [4.69, 9.17) is 15.2 Å². The van der Waals surface area contributed by atoms with Crippen LogP contribution >= 0.6 is 0 Å². The number of benzene rings is 1.